The Balaban J connectivity index is 1.62. The minimum Gasteiger partial charge on any atom is -0.368 e. The molecule has 1 aromatic carbocycles. The Morgan fingerprint density at radius 1 is 0.792 bits per heavy atom. The first-order valence-corrected chi connectivity index (χ1v) is 7.39. The summed E-state index contributed by atoms with van der Waals surface area (Å²) in [5, 5.41) is 21.3. The molecule has 0 aliphatic carbocycles. The Bertz CT molecular complexity index is 674. The number of pyridine rings is 1. The second-order valence-corrected chi connectivity index (χ2v) is 5.38. The van der Waals surface area contributed by atoms with Crippen LogP contribution in [0.4, 0.5) is 22.9 Å². The molecule has 124 valence electrons. The molecule has 0 saturated carbocycles. The number of non-ortho nitro benzene ring substituents is 1. The molecule has 1 aliphatic heterocycles. The molecule has 0 atom stereocenters. The van der Waals surface area contributed by atoms with Crippen LogP contribution in [-0.4, -0.2) is 41.0 Å². The Kier molecular flexibility index (Phi) is 4.23. The number of rotatable bonds is 4. The average molecular weight is 329 g/mol. The minimum absolute atomic E-state index is 0.0248. The van der Waals surface area contributed by atoms with Crippen molar-refractivity contribution >= 4 is 22.9 Å². The van der Waals surface area contributed by atoms with Gasteiger partial charge in [0, 0.05) is 50.1 Å². The van der Waals surface area contributed by atoms with Gasteiger partial charge in [0.1, 0.15) is 12.0 Å². The van der Waals surface area contributed by atoms with E-state index in [-0.39, 0.29) is 11.4 Å². The molecule has 24 heavy (non-hydrogen) atoms. The number of aromatic nitrogens is 1. The fourth-order valence-electron chi connectivity index (χ4n) is 2.65. The first kappa shape index (κ1) is 15.7. The van der Waals surface area contributed by atoms with Crippen LogP contribution in [0, 0.1) is 20.2 Å². The molecule has 9 nitrogen and oxygen atoms in total. The van der Waals surface area contributed by atoms with Gasteiger partial charge in [0.05, 0.1) is 9.85 Å². The summed E-state index contributed by atoms with van der Waals surface area (Å²) < 4.78 is 0. The third-order valence-electron chi connectivity index (χ3n) is 3.97. The lowest BCUT2D eigenvalue weighted by atomic mass is 10.2. The highest BCUT2D eigenvalue weighted by Gasteiger charge is 2.19. The van der Waals surface area contributed by atoms with E-state index in [4.69, 9.17) is 0 Å². The van der Waals surface area contributed by atoms with Crippen LogP contribution < -0.4 is 9.80 Å². The van der Waals surface area contributed by atoms with E-state index < -0.39 is 9.85 Å². The molecule has 1 aromatic heterocycles. The summed E-state index contributed by atoms with van der Waals surface area (Å²) in [5.41, 5.74) is 0.993. The fraction of sp³-hybridized carbons (Fsp3) is 0.267. The van der Waals surface area contributed by atoms with Crippen LogP contribution >= 0.6 is 0 Å². The maximum Gasteiger partial charge on any atom is 0.287 e. The molecule has 9 heteroatoms. The van der Waals surface area contributed by atoms with Crippen LogP contribution in [0.1, 0.15) is 0 Å². The first-order chi connectivity index (χ1) is 11.5. The zero-order valence-electron chi connectivity index (χ0n) is 12.7. The lowest BCUT2D eigenvalue weighted by Crippen LogP contribution is -2.46. The molecule has 1 saturated heterocycles. The molecule has 2 aromatic rings. The molecular formula is C15H15N5O4. The molecular weight excluding hydrogens is 314 g/mol. The molecule has 0 unspecified atom stereocenters. The Morgan fingerprint density at radius 2 is 1.33 bits per heavy atom. The van der Waals surface area contributed by atoms with Crippen molar-refractivity contribution in [3.63, 3.8) is 0 Å². The van der Waals surface area contributed by atoms with Gasteiger partial charge in [-0.25, -0.2) is 4.98 Å². The smallest absolute Gasteiger partial charge is 0.287 e. The fourth-order valence-corrected chi connectivity index (χ4v) is 2.65. The van der Waals surface area contributed by atoms with Crippen LogP contribution in [-0.2, 0) is 0 Å². The van der Waals surface area contributed by atoms with Gasteiger partial charge in [0.15, 0.2) is 0 Å². The van der Waals surface area contributed by atoms with Gasteiger partial charge in [0.25, 0.3) is 11.4 Å². The highest BCUT2D eigenvalue weighted by molar-refractivity contribution is 5.53. The van der Waals surface area contributed by atoms with E-state index in [1.54, 1.807) is 18.2 Å². The van der Waals surface area contributed by atoms with Gasteiger partial charge in [-0.15, -0.1) is 0 Å². The zero-order valence-corrected chi connectivity index (χ0v) is 12.7. The number of nitro benzene ring substituents is 1. The normalized spacial score (nSPS) is 14.5. The molecule has 2 heterocycles. The number of nitro groups is 2. The van der Waals surface area contributed by atoms with E-state index in [2.05, 4.69) is 14.8 Å². The van der Waals surface area contributed by atoms with Crippen molar-refractivity contribution in [2.75, 3.05) is 36.0 Å². The van der Waals surface area contributed by atoms with Gasteiger partial charge in [-0.2, -0.15) is 0 Å². The molecule has 1 aliphatic rings. The number of hydrogen-bond acceptors (Lipinski definition) is 7. The van der Waals surface area contributed by atoms with Gasteiger partial charge in [0.2, 0.25) is 0 Å². The van der Waals surface area contributed by atoms with E-state index in [1.807, 2.05) is 0 Å². The minimum atomic E-state index is -0.469. The average Bonchev–Trinajstić information content (AvgIpc) is 2.62. The standard InChI is InChI=1S/C15H15N5O4/c21-19(22)13-3-1-12(2-4-13)17-7-9-18(10-8-17)15-6-5-14(11-16-15)20(23)24/h1-6,11H,7-10H2. The molecule has 0 amide bonds. The van der Waals surface area contributed by atoms with Crippen molar-refractivity contribution in [1.29, 1.82) is 0 Å². The molecule has 0 N–H and O–H groups in total. The van der Waals surface area contributed by atoms with Crippen LogP contribution in [0.25, 0.3) is 0 Å². The number of hydrogen-bond donors (Lipinski definition) is 0. The van der Waals surface area contributed by atoms with Crippen molar-refractivity contribution in [2.24, 2.45) is 0 Å². The van der Waals surface area contributed by atoms with Crippen molar-refractivity contribution in [1.82, 2.24) is 4.98 Å². The van der Waals surface area contributed by atoms with E-state index in [0.717, 1.165) is 31.9 Å². The van der Waals surface area contributed by atoms with E-state index >= 15 is 0 Å². The third-order valence-corrected chi connectivity index (χ3v) is 3.97. The van der Waals surface area contributed by atoms with E-state index in [1.165, 1.54) is 24.4 Å². The van der Waals surface area contributed by atoms with Crippen LogP contribution in [0.2, 0.25) is 0 Å². The predicted molar refractivity (Wildman–Crippen MR) is 88.4 cm³/mol. The molecule has 3 rings (SSSR count). The molecule has 0 radical (unpaired) electrons. The van der Waals surface area contributed by atoms with Gasteiger partial charge in [-0.05, 0) is 18.2 Å². The summed E-state index contributed by atoms with van der Waals surface area (Å²) in [4.78, 5) is 28.8. The molecule has 0 spiro atoms. The van der Waals surface area contributed by atoms with Gasteiger partial charge >= 0.3 is 0 Å². The monoisotopic (exact) mass is 329 g/mol. The SMILES string of the molecule is O=[N+]([O-])c1ccc(N2CCN(c3ccc([N+](=O)[O-])cn3)CC2)cc1. The summed E-state index contributed by atoms with van der Waals surface area (Å²) in [6.07, 6.45) is 1.26. The maximum atomic E-state index is 10.7. The largest absolute Gasteiger partial charge is 0.368 e. The van der Waals surface area contributed by atoms with E-state index in [0.29, 0.717) is 5.82 Å². The quantitative estimate of drug-likeness (QED) is 0.625. The van der Waals surface area contributed by atoms with Gasteiger partial charge in [-0.3, -0.25) is 20.2 Å². The van der Waals surface area contributed by atoms with Crippen molar-refractivity contribution < 1.29 is 9.85 Å². The highest BCUT2D eigenvalue weighted by atomic mass is 16.6. The molecule has 1 fully saturated rings. The summed E-state index contributed by atoms with van der Waals surface area (Å²) in [7, 11) is 0. The number of benzene rings is 1. The lowest BCUT2D eigenvalue weighted by molar-refractivity contribution is -0.385. The van der Waals surface area contributed by atoms with Crippen LogP contribution in [0.15, 0.2) is 42.6 Å². The zero-order chi connectivity index (χ0) is 17.1. The number of piperazine rings is 1. The third kappa shape index (κ3) is 3.24. The second-order valence-electron chi connectivity index (χ2n) is 5.38. The number of nitrogens with zero attached hydrogens (tertiary/aromatic N) is 5. The van der Waals surface area contributed by atoms with Crippen molar-refractivity contribution in [2.45, 2.75) is 0 Å². The van der Waals surface area contributed by atoms with Crippen LogP contribution in [0.5, 0.6) is 0 Å². The maximum absolute atomic E-state index is 10.7. The summed E-state index contributed by atoms with van der Waals surface area (Å²) in [6, 6.07) is 9.60. The van der Waals surface area contributed by atoms with Crippen molar-refractivity contribution in [3.8, 4) is 0 Å². The van der Waals surface area contributed by atoms with E-state index in [9.17, 15) is 20.2 Å². The summed E-state index contributed by atoms with van der Waals surface area (Å²) in [5.74, 6) is 0.712. The van der Waals surface area contributed by atoms with Crippen molar-refractivity contribution in [3.05, 3.63) is 62.8 Å². The van der Waals surface area contributed by atoms with Gasteiger partial charge < -0.3 is 9.80 Å². The second kappa shape index (κ2) is 6.49. The lowest BCUT2D eigenvalue weighted by Gasteiger charge is -2.36. The topological polar surface area (TPSA) is 106 Å². The number of anilines is 2. The molecule has 0 bridgehead atoms. The Hall–Kier alpha value is -3.23. The Labute approximate surface area is 137 Å². The van der Waals surface area contributed by atoms with Gasteiger partial charge in [-0.1, -0.05) is 0 Å². The van der Waals surface area contributed by atoms with Crippen LogP contribution in [0.3, 0.4) is 0 Å². The highest BCUT2D eigenvalue weighted by Crippen LogP contribution is 2.22. The summed E-state index contributed by atoms with van der Waals surface area (Å²) >= 11 is 0. The predicted octanol–water partition coefficient (Wildman–Crippen LogP) is 2.22. The Morgan fingerprint density at radius 3 is 1.83 bits per heavy atom. The first-order valence-electron chi connectivity index (χ1n) is 7.39. The summed E-state index contributed by atoms with van der Waals surface area (Å²) in [6.45, 7) is 2.94.